The molecule has 0 spiro atoms. The molecule has 0 radical (unpaired) electrons. The summed E-state index contributed by atoms with van der Waals surface area (Å²) in [6.45, 7) is -0.451. The molecule has 1 N–H and O–H groups in total. The molecule has 1 fully saturated rings. The average Bonchev–Trinajstić information content (AvgIpc) is 2.76. The second kappa shape index (κ2) is 5.31. The maximum Gasteiger partial charge on any atom is 0.463 e. The van der Waals surface area contributed by atoms with Crippen LogP contribution in [0.4, 0.5) is 22.0 Å². The molecule has 19 heavy (non-hydrogen) atoms. The number of amides is 1. The molecule has 1 unspecified atom stereocenters. The minimum Gasteiger partial charge on any atom is -0.378 e. The van der Waals surface area contributed by atoms with Gasteiger partial charge in [-0.2, -0.15) is 22.0 Å². The molecule has 10 heteroatoms. The van der Waals surface area contributed by atoms with E-state index in [1.54, 1.807) is 0 Å². The van der Waals surface area contributed by atoms with Gasteiger partial charge in [0.2, 0.25) is 0 Å². The zero-order valence-corrected chi connectivity index (χ0v) is 10.9. The van der Waals surface area contributed by atoms with Crippen LogP contribution in [0.3, 0.4) is 0 Å². The summed E-state index contributed by atoms with van der Waals surface area (Å²) >= 11 is 2.77. The van der Waals surface area contributed by atoms with Crippen molar-refractivity contribution in [2.24, 2.45) is 0 Å². The maximum absolute atomic E-state index is 12.8. The number of ketones is 1. The summed E-state index contributed by atoms with van der Waals surface area (Å²) in [5.74, 6) is -8.84. The molecule has 4 nitrogen and oxygen atoms in total. The van der Waals surface area contributed by atoms with E-state index in [1.807, 2.05) is 0 Å². The third-order valence-electron chi connectivity index (χ3n) is 2.67. The molecule has 1 heterocycles. The Kier molecular flexibility index (Phi) is 4.55. The van der Waals surface area contributed by atoms with Gasteiger partial charge in [-0.3, -0.25) is 9.59 Å². The number of nitrogens with one attached hydrogen (secondary N) is 1. The van der Waals surface area contributed by atoms with Gasteiger partial charge in [-0.25, -0.2) is 0 Å². The molecule has 0 aromatic heterocycles. The molecule has 0 saturated carbocycles. The minimum atomic E-state index is -6.02. The molecule has 0 bridgehead atoms. The predicted octanol–water partition coefficient (Wildman–Crippen LogP) is 1.42. The van der Waals surface area contributed by atoms with Crippen LogP contribution < -0.4 is 5.32 Å². The highest BCUT2D eigenvalue weighted by atomic mass is 79.9. The monoisotopic (exact) mass is 353 g/mol. The Labute approximate surface area is 112 Å². The largest absolute Gasteiger partial charge is 0.463 e. The van der Waals surface area contributed by atoms with Gasteiger partial charge in [0.1, 0.15) is 5.54 Å². The first-order chi connectivity index (χ1) is 8.57. The van der Waals surface area contributed by atoms with Gasteiger partial charge in [0.25, 0.3) is 0 Å². The van der Waals surface area contributed by atoms with Crippen molar-refractivity contribution in [1.82, 2.24) is 5.32 Å². The van der Waals surface area contributed by atoms with Crippen LogP contribution in [-0.4, -0.2) is 47.9 Å². The molecule has 1 rings (SSSR count). The Balaban J connectivity index is 2.93. The molecule has 0 aromatic rings. The third-order valence-corrected chi connectivity index (χ3v) is 3.18. The van der Waals surface area contributed by atoms with Gasteiger partial charge >= 0.3 is 18.0 Å². The van der Waals surface area contributed by atoms with Gasteiger partial charge in [-0.15, -0.1) is 0 Å². The van der Waals surface area contributed by atoms with E-state index in [0.29, 0.717) is 0 Å². The highest BCUT2D eigenvalue weighted by Gasteiger charge is 2.64. The number of rotatable bonds is 4. The summed E-state index contributed by atoms with van der Waals surface area (Å²) in [5, 5.41) is 1.18. The van der Waals surface area contributed by atoms with E-state index in [9.17, 15) is 31.5 Å². The summed E-state index contributed by atoms with van der Waals surface area (Å²) < 4.78 is 66.5. The maximum atomic E-state index is 12.8. The fourth-order valence-corrected chi connectivity index (χ4v) is 2.04. The quantitative estimate of drug-likeness (QED) is 0.614. The van der Waals surface area contributed by atoms with E-state index in [1.165, 1.54) is 5.32 Å². The summed E-state index contributed by atoms with van der Waals surface area (Å²) in [7, 11) is 0. The second-order valence-corrected chi connectivity index (χ2v) is 4.53. The standard InChI is InChI=1S/C9H9BrF5NO3/c10-3-5(17)7(1-2-19-4-7)16-6(18)8(11,12)9(13,14)15/h1-4H2,(H,16,18). The van der Waals surface area contributed by atoms with E-state index in [-0.39, 0.29) is 18.4 Å². The van der Waals surface area contributed by atoms with Gasteiger partial charge in [0, 0.05) is 13.0 Å². The summed E-state index contributed by atoms with van der Waals surface area (Å²) in [6.07, 6.45) is -6.17. The zero-order valence-electron chi connectivity index (χ0n) is 9.32. The molecule has 0 aromatic carbocycles. The summed E-state index contributed by atoms with van der Waals surface area (Å²) in [6, 6.07) is 0. The summed E-state index contributed by atoms with van der Waals surface area (Å²) in [5.41, 5.74) is -1.84. The number of ether oxygens (including phenoxy) is 1. The number of hydrogen-bond donors (Lipinski definition) is 1. The van der Waals surface area contributed by atoms with E-state index in [0.717, 1.165) is 0 Å². The Morgan fingerprint density at radius 3 is 2.21 bits per heavy atom. The highest BCUT2D eigenvalue weighted by molar-refractivity contribution is 9.09. The molecule has 1 aliphatic rings. The number of alkyl halides is 6. The van der Waals surface area contributed by atoms with Gasteiger partial charge in [-0.1, -0.05) is 15.9 Å². The van der Waals surface area contributed by atoms with Crippen molar-refractivity contribution in [2.75, 3.05) is 18.5 Å². The lowest BCUT2D eigenvalue weighted by molar-refractivity contribution is -0.270. The lowest BCUT2D eigenvalue weighted by Crippen LogP contribution is -2.62. The Morgan fingerprint density at radius 1 is 1.26 bits per heavy atom. The molecule has 0 aliphatic carbocycles. The first kappa shape index (κ1) is 16.3. The minimum absolute atomic E-state index is 0.0173. The van der Waals surface area contributed by atoms with Gasteiger partial charge in [0.05, 0.1) is 11.9 Å². The van der Waals surface area contributed by atoms with E-state index >= 15 is 0 Å². The SMILES string of the molecule is O=C(CBr)C1(NC(=O)C(F)(F)C(F)(F)F)CCOC1. The lowest BCUT2D eigenvalue weighted by Gasteiger charge is -2.29. The fourth-order valence-electron chi connectivity index (χ4n) is 1.51. The third kappa shape index (κ3) is 3.04. The topological polar surface area (TPSA) is 55.4 Å². The molecular formula is C9H9BrF5NO3. The lowest BCUT2D eigenvalue weighted by atomic mass is 9.93. The van der Waals surface area contributed by atoms with Crippen molar-refractivity contribution < 1.29 is 36.3 Å². The van der Waals surface area contributed by atoms with Crippen molar-refractivity contribution in [1.29, 1.82) is 0 Å². The van der Waals surface area contributed by atoms with Crippen LogP contribution in [0.15, 0.2) is 0 Å². The van der Waals surface area contributed by atoms with Crippen LogP contribution in [-0.2, 0) is 14.3 Å². The van der Waals surface area contributed by atoms with Crippen molar-refractivity contribution in [2.45, 2.75) is 24.1 Å². The smallest absolute Gasteiger partial charge is 0.378 e. The van der Waals surface area contributed by atoms with Gasteiger partial charge < -0.3 is 10.1 Å². The van der Waals surface area contributed by atoms with Crippen molar-refractivity contribution >= 4 is 27.6 Å². The Hall–Kier alpha value is -0.770. The molecule has 1 atom stereocenters. The van der Waals surface area contributed by atoms with Gasteiger partial charge in [0.15, 0.2) is 5.78 Å². The highest BCUT2D eigenvalue weighted by Crippen LogP contribution is 2.36. The van der Waals surface area contributed by atoms with Gasteiger partial charge in [-0.05, 0) is 0 Å². The van der Waals surface area contributed by atoms with Crippen LogP contribution >= 0.6 is 15.9 Å². The van der Waals surface area contributed by atoms with E-state index in [2.05, 4.69) is 15.9 Å². The number of carbonyl (C=O) groups is 2. The normalized spacial score (nSPS) is 24.3. The summed E-state index contributed by atoms with van der Waals surface area (Å²) in [4.78, 5) is 22.7. The van der Waals surface area contributed by atoms with Crippen LogP contribution in [0, 0.1) is 0 Å². The van der Waals surface area contributed by atoms with E-state index < -0.39 is 35.9 Å². The zero-order chi connectivity index (χ0) is 14.9. The first-order valence-electron chi connectivity index (χ1n) is 5.01. The fraction of sp³-hybridized carbons (Fsp3) is 0.778. The van der Waals surface area contributed by atoms with Crippen molar-refractivity contribution in [3.63, 3.8) is 0 Å². The van der Waals surface area contributed by atoms with Crippen LogP contribution in [0.1, 0.15) is 6.42 Å². The number of Topliss-reactive ketones (excluding diaryl/α,β-unsaturated/α-hetero) is 1. The second-order valence-electron chi connectivity index (χ2n) is 3.97. The Morgan fingerprint density at radius 2 is 1.84 bits per heavy atom. The molecule has 1 saturated heterocycles. The van der Waals surface area contributed by atoms with Crippen LogP contribution in [0.25, 0.3) is 0 Å². The number of carbonyl (C=O) groups excluding carboxylic acids is 2. The predicted molar refractivity (Wildman–Crippen MR) is 56.1 cm³/mol. The van der Waals surface area contributed by atoms with Crippen LogP contribution in [0.5, 0.6) is 0 Å². The Bertz CT molecular complexity index is 379. The molecule has 110 valence electrons. The van der Waals surface area contributed by atoms with Crippen LogP contribution in [0.2, 0.25) is 0 Å². The first-order valence-corrected chi connectivity index (χ1v) is 6.13. The molecule has 1 amide bonds. The van der Waals surface area contributed by atoms with Crippen molar-refractivity contribution in [3.8, 4) is 0 Å². The van der Waals surface area contributed by atoms with Crippen molar-refractivity contribution in [3.05, 3.63) is 0 Å². The number of halogens is 6. The molecule has 1 aliphatic heterocycles. The average molecular weight is 354 g/mol. The van der Waals surface area contributed by atoms with E-state index in [4.69, 9.17) is 4.74 Å². The molecular weight excluding hydrogens is 345 g/mol. The number of hydrogen-bond acceptors (Lipinski definition) is 3.